The van der Waals surface area contributed by atoms with Gasteiger partial charge in [0.15, 0.2) is 0 Å². The maximum absolute atomic E-state index is 12.7. The molecule has 0 atom stereocenters. The number of halogens is 2. The van der Waals surface area contributed by atoms with Gasteiger partial charge in [-0.05, 0) is 43.6 Å². The minimum Gasteiger partial charge on any atom is -0.325 e. The van der Waals surface area contributed by atoms with Gasteiger partial charge < -0.3 is 5.32 Å². The van der Waals surface area contributed by atoms with Crippen molar-refractivity contribution in [3.63, 3.8) is 0 Å². The summed E-state index contributed by atoms with van der Waals surface area (Å²) in [5.74, 6) is 0.0565. The Labute approximate surface area is 151 Å². The lowest BCUT2D eigenvalue weighted by Crippen LogP contribution is -2.46. The van der Waals surface area contributed by atoms with Gasteiger partial charge in [0, 0.05) is 17.8 Å². The number of amides is 1. The van der Waals surface area contributed by atoms with Crippen LogP contribution in [0.3, 0.4) is 0 Å². The first-order chi connectivity index (χ1) is 11.6. The second-order valence-electron chi connectivity index (χ2n) is 6.58. The summed E-state index contributed by atoms with van der Waals surface area (Å²) in [6.45, 7) is 2.64. The van der Waals surface area contributed by atoms with Gasteiger partial charge in [-0.25, -0.2) is 0 Å². The monoisotopic (exact) mass is 360 g/mol. The summed E-state index contributed by atoms with van der Waals surface area (Å²) in [6.07, 6.45) is 1.53. The number of nitrogens with zero attached hydrogens (tertiary/aromatic N) is 1. The van der Waals surface area contributed by atoms with Crippen LogP contribution in [-0.2, 0) is 16.8 Å². The summed E-state index contributed by atoms with van der Waals surface area (Å²) in [6, 6.07) is 14.0. The molecule has 1 amide bonds. The second kappa shape index (κ2) is 6.07. The predicted octanol–water partition coefficient (Wildman–Crippen LogP) is 4.48. The van der Waals surface area contributed by atoms with Crippen LogP contribution in [0.5, 0.6) is 0 Å². The van der Waals surface area contributed by atoms with Gasteiger partial charge in [0.2, 0.25) is 5.91 Å². The summed E-state index contributed by atoms with van der Waals surface area (Å²) >= 11 is 12.7. The first-order valence-electron chi connectivity index (χ1n) is 8.16. The van der Waals surface area contributed by atoms with Crippen LogP contribution >= 0.6 is 23.2 Å². The Morgan fingerprint density at radius 1 is 1.04 bits per heavy atom. The predicted molar refractivity (Wildman–Crippen MR) is 97.7 cm³/mol. The van der Waals surface area contributed by atoms with Crippen molar-refractivity contribution >= 4 is 34.8 Å². The first kappa shape index (κ1) is 15.9. The fraction of sp³-hybridized carbons (Fsp3) is 0.316. The third kappa shape index (κ3) is 2.52. The van der Waals surface area contributed by atoms with Crippen LogP contribution in [0.15, 0.2) is 42.5 Å². The van der Waals surface area contributed by atoms with Crippen LogP contribution in [0.2, 0.25) is 10.0 Å². The Morgan fingerprint density at radius 3 is 2.46 bits per heavy atom. The number of hydrogen-bond acceptors (Lipinski definition) is 2. The Kier molecular flexibility index (Phi) is 4.03. The van der Waals surface area contributed by atoms with E-state index < -0.39 is 5.41 Å². The van der Waals surface area contributed by atoms with Gasteiger partial charge in [0.05, 0.1) is 15.5 Å². The highest BCUT2D eigenvalue weighted by Crippen LogP contribution is 2.49. The number of carbonyl (C=O) groups is 1. The Bertz CT molecular complexity index is 783. The lowest BCUT2D eigenvalue weighted by molar-refractivity contribution is -0.122. The number of fused-ring (bicyclic) bond motifs is 2. The fourth-order valence-electron chi connectivity index (χ4n) is 3.89. The third-order valence-corrected chi connectivity index (χ3v) is 6.02. The second-order valence-corrected chi connectivity index (χ2v) is 7.37. The van der Waals surface area contributed by atoms with E-state index in [4.69, 9.17) is 23.2 Å². The molecule has 4 rings (SSSR count). The van der Waals surface area contributed by atoms with Crippen LogP contribution in [0.25, 0.3) is 0 Å². The smallest absolute Gasteiger partial charge is 0.235 e. The Hall–Kier alpha value is -1.55. The summed E-state index contributed by atoms with van der Waals surface area (Å²) < 4.78 is 0. The molecule has 124 valence electrons. The number of rotatable bonds is 2. The maximum Gasteiger partial charge on any atom is 0.235 e. The minimum absolute atomic E-state index is 0.0565. The molecule has 2 aromatic rings. The SMILES string of the molecule is O=C1Nc2ccc(Cl)c(Cl)c2C12CCN(Cc1ccccc1)CC2. The van der Waals surface area contributed by atoms with E-state index in [0.29, 0.717) is 10.0 Å². The number of nitrogens with one attached hydrogen (secondary N) is 1. The topological polar surface area (TPSA) is 32.3 Å². The van der Waals surface area contributed by atoms with Crippen LogP contribution < -0.4 is 5.32 Å². The molecule has 0 bridgehead atoms. The van der Waals surface area contributed by atoms with Crippen LogP contribution in [0, 0.1) is 0 Å². The molecule has 1 spiro atoms. The lowest BCUT2D eigenvalue weighted by Gasteiger charge is -2.38. The molecule has 0 unspecified atom stereocenters. The zero-order chi connectivity index (χ0) is 16.7. The zero-order valence-electron chi connectivity index (χ0n) is 13.2. The highest BCUT2D eigenvalue weighted by Gasteiger charge is 2.49. The van der Waals surface area contributed by atoms with Crippen LogP contribution in [0.1, 0.15) is 24.0 Å². The van der Waals surface area contributed by atoms with Gasteiger partial charge >= 0.3 is 0 Å². The molecule has 0 radical (unpaired) electrons. The van der Waals surface area contributed by atoms with E-state index in [-0.39, 0.29) is 5.91 Å². The Balaban J connectivity index is 1.57. The molecule has 1 fully saturated rings. The molecule has 3 nitrogen and oxygen atoms in total. The molecule has 1 saturated heterocycles. The van der Waals surface area contributed by atoms with Gasteiger partial charge in [-0.3, -0.25) is 9.69 Å². The summed E-state index contributed by atoms with van der Waals surface area (Å²) in [5, 5.41) is 4.02. The van der Waals surface area contributed by atoms with E-state index in [9.17, 15) is 4.79 Å². The molecule has 2 heterocycles. The molecule has 2 aromatic carbocycles. The molecular formula is C19H18Cl2N2O. The molecule has 0 saturated carbocycles. The normalized spacial score (nSPS) is 19.3. The highest BCUT2D eigenvalue weighted by molar-refractivity contribution is 6.43. The molecule has 1 N–H and O–H groups in total. The molecule has 0 aliphatic carbocycles. The minimum atomic E-state index is -0.537. The third-order valence-electron chi connectivity index (χ3n) is 5.21. The van der Waals surface area contributed by atoms with Gasteiger partial charge in [0.25, 0.3) is 0 Å². The van der Waals surface area contributed by atoms with Crippen molar-refractivity contribution in [2.75, 3.05) is 18.4 Å². The standard InChI is InChI=1S/C19H18Cl2N2O/c20-14-6-7-15-16(17(14)21)19(18(24)22-15)8-10-23(11-9-19)12-13-4-2-1-3-5-13/h1-7H,8-12H2,(H,22,24). The molecule has 0 aromatic heterocycles. The van der Waals surface area contributed by atoms with Crippen molar-refractivity contribution in [2.45, 2.75) is 24.8 Å². The molecule has 2 aliphatic rings. The first-order valence-corrected chi connectivity index (χ1v) is 8.92. The van der Waals surface area contributed by atoms with E-state index in [0.717, 1.165) is 43.7 Å². The quantitative estimate of drug-likeness (QED) is 0.856. The largest absolute Gasteiger partial charge is 0.325 e. The highest BCUT2D eigenvalue weighted by atomic mass is 35.5. The number of hydrogen-bond donors (Lipinski definition) is 1. The van der Waals surface area contributed by atoms with E-state index >= 15 is 0 Å². The number of piperidine rings is 1. The number of carbonyl (C=O) groups excluding carboxylic acids is 1. The molecule has 5 heteroatoms. The summed E-state index contributed by atoms with van der Waals surface area (Å²) in [7, 11) is 0. The number of anilines is 1. The van der Waals surface area contributed by atoms with Crippen LogP contribution in [-0.4, -0.2) is 23.9 Å². The number of likely N-dealkylation sites (tertiary alicyclic amines) is 1. The molecular weight excluding hydrogens is 343 g/mol. The average molecular weight is 361 g/mol. The van der Waals surface area contributed by atoms with Crippen molar-refractivity contribution in [1.82, 2.24) is 4.90 Å². The molecule has 2 aliphatic heterocycles. The Morgan fingerprint density at radius 2 is 1.75 bits per heavy atom. The van der Waals surface area contributed by atoms with Crippen molar-refractivity contribution < 1.29 is 4.79 Å². The van der Waals surface area contributed by atoms with Gasteiger partial charge in [-0.1, -0.05) is 53.5 Å². The lowest BCUT2D eigenvalue weighted by atomic mass is 9.73. The van der Waals surface area contributed by atoms with Crippen LogP contribution in [0.4, 0.5) is 5.69 Å². The van der Waals surface area contributed by atoms with E-state index in [1.54, 1.807) is 6.07 Å². The fourth-order valence-corrected chi connectivity index (χ4v) is 4.39. The van der Waals surface area contributed by atoms with E-state index in [2.05, 4.69) is 34.5 Å². The molecule has 24 heavy (non-hydrogen) atoms. The van der Waals surface area contributed by atoms with Crippen molar-refractivity contribution in [3.8, 4) is 0 Å². The van der Waals surface area contributed by atoms with E-state index in [1.165, 1.54) is 5.56 Å². The van der Waals surface area contributed by atoms with E-state index in [1.807, 2.05) is 12.1 Å². The van der Waals surface area contributed by atoms with Crippen molar-refractivity contribution in [1.29, 1.82) is 0 Å². The van der Waals surface area contributed by atoms with Gasteiger partial charge in [0.1, 0.15) is 0 Å². The summed E-state index contributed by atoms with van der Waals surface area (Å²) in [5.41, 5.74) is 2.46. The average Bonchev–Trinajstić information content (AvgIpc) is 2.87. The summed E-state index contributed by atoms with van der Waals surface area (Å²) in [4.78, 5) is 15.1. The maximum atomic E-state index is 12.7. The van der Waals surface area contributed by atoms with Crippen molar-refractivity contribution in [3.05, 3.63) is 63.6 Å². The van der Waals surface area contributed by atoms with Gasteiger partial charge in [-0.2, -0.15) is 0 Å². The van der Waals surface area contributed by atoms with Gasteiger partial charge in [-0.15, -0.1) is 0 Å². The van der Waals surface area contributed by atoms with Crippen molar-refractivity contribution in [2.24, 2.45) is 0 Å². The zero-order valence-corrected chi connectivity index (χ0v) is 14.7. The number of benzene rings is 2.